The Hall–Kier alpha value is -6.78. The number of carbonyl (C=O) groups is 6. The summed E-state index contributed by atoms with van der Waals surface area (Å²) in [5.41, 5.74) is -3.06. The summed E-state index contributed by atoms with van der Waals surface area (Å²) in [5.74, 6) is -8.86. The van der Waals surface area contributed by atoms with E-state index in [4.69, 9.17) is 28.4 Å². The van der Waals surface area contributed by atoms with Crippen LogP contribution >= 0.6 is 0 Å². The summed E-state index contributed by atoms with van der Waals surface area (Å²) >= 11 is 0. The van der Waals surface area contributed by atoms with Gasteiger partial charge in [0.2, 0.25) is 11.6 Å². The third kappa shape index (κ3) is 8.54. The number of rotatable bonds is 13. The standard InChI is InChI=1S/C54H56N2O22/c1-19-43(61)25(11-33(75-19)77-29-15-53(71,31(59)17-57)13-23-37(29)51(69)41-39(47(23)65)45(63)21-7-5-9-27(73-3)35(21)49(41)67)55-56-26-12-34(76-20(2)44(26)62)78-30-16-54(72,32(60)18-58)14-24-38(30)52(70)42-40(48(24)66)46(64)22-8-6-10-28(74-4)36(22)50(42)68/h5-10,19-20,25-26,29-30,33-34,43-44,55-58,61-62,65-66,69-72H,11-18H2,1-4H3/t19?,20?,25?,26?,29-,30-,33?,34?,43?,44?,53-,54-/m0/s1. The van der Waals surface area contributed by atoms with Crippen LogP contribution in [0, 0.1) is 0 Å². The predicted molar refractivity (Wildman–Crippen MR) is 261 cm³/mol. The van der Waals surface area contributed by atoms with Crippen LogP contribution in [-0.2, 0) is 41.4 Å². The number of phenols is 4. The Morgan fingerprint density at radius 1 is 0.577 bits per heavy atom. The van der Waals surface area contributed by atoms with E-state index in [1.807, 2.05) is 0 Å². The fraction of sp³-hybridized carbons (Fsp3) is 0.444. The fourth-order valence-electron chi connectivity index (χ4n) is 11.9. The summed E-state index contributed by atoms with van der Waals surface area (Å²) in [6.07, 6.45) is -13.8. The van der Waals surface area contributed by atoms with Crippen molar-refractivity contribution in [1.29, 1.82) is 0 Å². The summed E-state index contributed by atoms with van der Waals surface area (Å²) in [6.45, 7) is 0.693. The number of benzene rings is 4. The highest BCUT2D eigenvalue weighted by Crippen LogP contribution is 2.55. The first kappa shape index (κ1) is 54.6. The molecule has 24 nitrogen and oxygen atoms in total. The van der Waals surface area contributed by atoms with E-state index >= 15 is 0 Å². The lowest BCUT2D eigenvalue weighted by atomic mass is 9.72. The van der Waals surface area contributed by atoms with Crippen molar-refractivity contribution in [3.8, 4) is 34.5 Å². The Labute approximate surface area is 442 Å². The molecule has 4 aromatic rings. The van der Waals surface area contributed by atoms with E-state index in [9.17, 15) is 79.8 Å². The van der Waals surface area contributed by atoms with Gasteiger partial charge in [-0.05, 0) is 26.0 Å². The quantitative estimate of drug-likeness (QED) is 0.0542. The first-order valence-corrected chi connectivity index (χ1v) is 25.0. The van der Waals surface area contributed by atoms with Crippen molar-refractivity contribution in [2.45, 2.75) is 125 Å². The van der Waals surface area contributed by atoms with Crippen molar-refractivity contribution >= 4 is 34.7 Å². The number of ether oxygens (including phenoxy) is 6. The van der Waals surface area contributed by atoms with Gasteiger partial charge in [0.05, 0.1) is 96.3 Å². The summed E-state index contributed by atoms with van der Waals surface area (Å²) < 4.78 is 35.5. The number of aliphatic hydroxyl groups is 6. The zero-order chi connectivity index (χ0) is 56.2. The van der Waals surface area contributed by atoms with Gasteiger partial charge in [-0.1, -0.05) is 24.3 Å². The molecule has 6 aliphatic rings. The molecule has 0 bridgehead atoms. The highest BCUT2D eigenvalue weighted by molar-refractivity contribution is 6.32. The van der Waals surface area contributed by atoms with Crippen molar-refractivity contribution in [2.75, 3.05) is 27.4 Å². The largest absolute Gasteiger partial charge is 0.507 e. The maximum absolute atomic E-state index is 14.2. The van der Waals surface area contributed by atoms with E-state index in [0.717, 1.165) is 0 Å². The summed E-state index contributed by atoms with van der Waals surface area (Å²) in [4.78, 5) is 82.6. The second-order valence-corrected chi connectivity index (χ2v) is 20.5. The Bertz CT molecular complexity index is 3020. The van der Waals surface area contributed by atoms with Crippen LogP contribution in [-0.4, -0.2) is 173 Å². The summed E-state index contributed by atoms with van der Waals surface area (Å²) in [7, 11) is 2.55. The molecule has 2 saturated heterocycles. The molecule has 0 saturated carbocycles. The first-order chi connectivity index (χ1) is 37.0. The van der Waals surface area contributed by atoms with Crippen molar-refractivity contribution in [2.24, 2.45) is 0 Å². The highest BCUT2D eigenvalue weighted by Gasteiger charge is 2.53. The molecule has 24 heteroatoms. The van der Waals surface area contributed by atoms with Gasteiger partial charge in [-0.3, -0.25) is 39.6 Å². The lowest BCUT2D eigenvalue weighted by Gasteiger charge is -2.44. The van der Waals surface area contributed by atoms with Crippen LogP contribution in [0.4, 0.5) is 0 Å². The average Bonchev–Trinajstić information content (AvgIpc) is 3.28. The SMILES string of the molecule is COc1cccc2c1C(=O)c1c(O)c3c(c(O)c1C2=O)C[C@@](O)(C(=O)CO)C[C@@H]3OC1CC(NNC2CC(O[C@H]3C[C@](O)(C(=O)CO)Cc4c(O)c5c(c(O)c43)C(=O)c3c(OC)cccc3C5=O)OC(C)C2O)C(O)C(C)O1. The molecule has 10 rings (SSSR count). The number of hydrogen-bond acceptors (Lipinski definition) is 24. The molecular formula is C54H56N2O22. The number of nitrogens with one attached hydrogen (secondary N) is 2. The topological polar surface area (TPSA) is 384 Å². The average molecular weight is 1090 g/mol. The molecule has 78 heavy (non-hydrogen) atoms. The molecular weight excluding hydrogens is 1030 g/mol. The van der Waals surface area contributed by atoms with Gasteiger partial charge >= 0.3 is 0 Å². The van der Waals surface area contributed by atoms with E-state index in [2.05, 4.69) is 10.9 Å². The molecule has 4 aromatic carbocycles. The monoisotopic (exact) mass is 1080 g/mol. The highest BCUT2D eigenvalue weighted by atomic mass is 16.7. The molecule has 4 aliphatic carbocycles. The lowest BCUT2D eigenvalue weighted by Crippen LogP contribution is -2.63. The molecule has 0 aromatic heterocycles. The van der Waals surface area contributed by atoms with Gasteiger partial charge in [0.1, 0.15) is 58.9 Å². The number of ketones is 6. The van der Waals surface area contributed by atoms with E-state index in [-0.39, 0.29) is 68.8 Å². The number of carbonyl (C=O) groups excluding carboxylic acids is 6. The minimum atomic E-state index is -2.44. The number of hydrazine groups is 1. The normalized spacial score (nSPS) is 30.1. The number of methoxy groups -OCH3 is 2. The molecule has 0 spiro atoms. The number of fused-ring (bicyclic) bond motifs is 6. The molecule has 414 valence electrons. The van der Waals surface area contributed by atoms with Crippen molar-refractivity contribution in [3.63, 3.8) is 0 Å². The Kier molecular flexibility index (Phi) is 14.1. The first-order valence-electron chi connectivity index (χ1n) is 25.0. The van der Waals surface area contributed by atoms with Gasteiger partial charge in [-0.15, -0.1) is 0 Å². The zero-order valence-corrected chi connectivity index (χ0v) is 42.3. The molecule has 0 amide bonds. The van der Waals surface area contributed by atoms with Crippen molar-refractivity contribution < 1.29 is 108 Å². The van der Waals surface area contributed by atoms with Gasteiger partial charge in [0.25, 0.3) is 0 Å². The molecule has 12 atom stereocenters. The van der Waals surface area contributed by atoms with E-state index in [1.165, 1.54) is 64.5 Å². The third-order valence-electron chi connectivity index (χ3n) is 16.0. The second-order valence-electron chi connectivity index (χ2n) is 20.5. The van der Waals surface area contributed by atoms with Crippen molar-refractivity contribution in [3.05, 3.63) is 103 Å². The van der Waals surface area contributed by atoms with Gasteiger partial charge < -0.3 is 79.5 Å². The summed E-state index contributed by atoms with van der Waals surface area (Å²) in [5, 5.41) is 114. The van der Waals surface area contributed by atoms with Gasteiger partial charge in [-0.25, -0.2) is 0 Å². The molecule has 12 N–H and O–H groups in total. The Morgan fingerprint density at radius 2 is 0.936 bits per heavy atom. The van der Waals surface area contributed by atoms with E-state index in [0.29, 0.717) is 0 Å². The maximum atomic E-state index is 14.2. The van der Waals surface area contributed by atoms with Gasteiger partial charge in [0.15, 0.2) is 35.7 Å². The zero-order valence-electron chi connectivity index (χ0n) is 42.3. The number of aliphatic hydroxyl groups excluding tert-OH is 4. The van der Waals surface area contributed by atoms with Gasteiger partial charge in [0, 0.05) is 71.9 Å². The second kappa shape index (κ2) is 20.1. The Morgan fingerprint density at radius 3 is 1.28 bits per heavy atom. The number of Topliss-reactive ketones (excluding diaryl/α,β-unsaturated/α-hetero) is 2. The van der Waals surface area contributed by atoms with Crippen molar-refractivity contribution in [1.82, 2.24) is 10.9 Å². The molecule has 2 fully saturated rings. The van der Waals surface area contributed by atoms with Crippen LogP contribution in [0.1, 0.15) is 138 Å². The number of aromatic hydroxyl groups is 4. The smallest absolute Gasteiger partial charge is 0.202 e. The fourth-order valence-corrected chi connectivity index (χ4v) is 11.9. The number of phenolic OH excluding ortho intramolecular Hbond substituents is 4. The molecule has 2 aliphatic heterocycles. The van der Waals surface area contributed by atoms with Crippen LogP contribution in [0.25, 0.3) is 0 Å². The van der Waals surface area contributed by atoms with Crippen LogP contribution in [0.15, 0.2) is 36.4 Å². The van der Waals surface area contributed by atoms with E-state index < -0.39 is 191 Å². The number of hydrogen-bond donors (Lipinski definition) is 12. The predicted octanol–water partition coefficient (Wildman–Crippen LogP) is 0.193. The minimum Gasteiger partial charge on any atom is -0.507 e. The third-order valence-corrected chi connectivity index (χ3v) is 16.0. The lowest BCUT2D eigenvalue weighted by molar-refractivity contribution is -0.256. The molecule has 8 unspecified atom stereocenters. The Balaban J connectivity index is 0.913. The van der Waals surface area contributed by atoms with Crippen LogP contribution < -0.4 is 20.3 Å². The molecule has 2 heterocycles. The van der Waals surface area contributed by atoms with Crippen LogP contribution in [0.5, 0.6) is 34.5 Å². The van der Waals surface area contributed by atoms with Gasteiger partial charge in [-0.2, -0.15) is 0 Å². The summed E-state index contributed by atoms with van der Waals surface area (Å²) in [6, 6.07) is 6.41. The van der Waals surface area contributed by atoms with E-state index in [1.54, 1.807) is 0 Å². The molecule has 0 radical (unpaired) electrons. The van der Waals surface area contributed by atoms with Crippen LogP contribution in [0.3, 0.4) is 0 Å². The minimum absolute atomic E-state index is 0.0105. The maximum Gasteiger partial charge on any atom is 0.202 e. The van der Waals surface area contributed by atoms with Crippen LogP contribution in [0.2, 0.25) is 0 Å².